The molecule has 2 aliphatic carbocycles. The lowest BCUT2D eigenvalue weighted by Gasteiger charge is -2.45. The van der Waals surface area contributed by atoms with Crippen molar-refractivity contribution in [3.8, 4) is 18.2 Å². The first kappa shape index (κ1) is 17.9. The molecule has 0 heterocycles. The molecule has 0 unspecified atom stereocenters. The van der Waals surface area contributed by atoms with Gasteiger partial charge in [0.2, 0.25) is 0 Å². The van der Waals surface area contributed by atoms with Gasteiger partial charge in [0.15, 0.2) is 5.41 Å². The van der Waals surface area contributed by atoms with Gasteiger partial charge in [-0.1, -0.05) is 44.2 Å². The van der Waals surface area contributed by atoms with Gasteiger partial charge in [0.05, 0.1) is 23.9 Å². The summed E-state index contributed by atoms with van der Waals surface area (Å²) in [6.07, 6.45) is 4.78. The van der Waals surface area contributed by atoms with Crippen LogP contribution in [0.15, 0.2) is 35.9 Å². The molecule has 130 valence electrons. The van der Waals surface area contributed by atoms with E-state index in [-0.39, 0.29) is 11.6 Å². The summed E-state index contributed by atoms with van der Waals surface area (Å²) in [6.45, 7) is 4.25. The second-order valence-corrected chi connectivity index (χ2v) is 7.55. The summed E-state index contributed by atoms with van der Waals surface area (Å²) in [5, 5.41) is 38.1. The molecule has 0 saturated heterocycles. The number of allylic oxidation sites excluding steroid dienone is 2. The second-order valence-electron chi connectivity index (χ2n) is 7.55. The molecule has 1 N–H and O–H groups in total. The van der Waals surface area contributed by atoms with Crippen LogP contribution in [0.3, 0.4) is 0 Å². The number of fused-ring (bicyclic) bond motifs is 1. The molecular formula is C22H22N4. The Kier molecular flexibility index (Phi) is 4.67. The molecule has 0 spiro atoms. The Hall–Kier alpha value is -2.90. The molecule has 0 amide bonds. The smallest absolute Gasteiger partial charge is 0.189 e. The quantitative estimate of drug-likeness (QED) is 0.780. The van der Waals surface area contributed by atoms with Gasteiger partial charge in [0.1, 0.15) is 5.92 Å². The monoisotopic (exact) mass is 342 g/mol. The molecule has 0 bridgehead atoms. The van der Waals surface area contributed by atoms with Crippen LogP contribution in [0, 0.1) is 56.7 Å². The van der Waals surface area contributed by atoms with E-state index in [0.717, 1.165) is 30.4 Å². The molecule has 3 atom stereocenters. The summed E-state index contributed by atoms with van der Waals surface area (Å²) >= 11 is 0. The molecule has 1 fully saturated rings. The van der Waals surface area contributed by atoms with E-state index >= 15 is 0 Å². The van der Waals surface area contributed by atoms with E-state index in [2.05, 4.69) is 38.1 Å². The number of rotatable bonds is 2. The first-order valence-corrected chi connectivity index (χ1v) is 9.11. The van der Waals surface area contributed by atoms with Gasteiger partial charge in [-0.15, -0.1) is 0 Å². The van der Waals surface area contributed by atoms with Crippen molar-refractivity contribution in [1.29, 1.82) is 21.2 Å². The number of nitrogens with zero attached hydrogens (tertiary/aromatic N) is 3. The van der Waals surface area contributed by atoms with Crippen molar-refractivity contribution in [2.75, 3.05) is 0 Å². The van der Waals surface area contributed by atoms with Crippen LogP contribution in [0.4, 0.5) is 0 Å². The summed E-state index contributed by atoms with van der Waals surface area (Å²) in [5.41, 5.74) is 1.40. The minimum Gasteiger partial charge on any atom is -0.305 e. The van der Waals surface area contributed by atoms with Crippen molar-refractivity contribution in [1.82, 2.24) is 0 Å². The highest BCUT2D eigenvalue weighted by atomic mass is 14.6. The molecule has 4 heteroatoms. The van der Waals surface area contributed by atoms with E-state index < -0.39 is 17.3 Å². The fourth-order valence-electron chi connectivity index (χ4n) is 4.47. The Morgan fingerprint density at radius 2 is 1.77 bits per heavy atom. The standard InChI is InChI=1S/C22H22N4/c1-14(2)15-7-9-16(10-8-15)20-18-6-4-3-5-17(18)19(11-23)21(26)22(20,12-24)13-25/h5,7-10,14,18-20,26H,3-4,6H2,1-2H3/t18-,19+,20+/m1/s1. The van der Waals surface area contributed by atoms with Gasteiger partial charge in [0, 0.05) is 5.92 Å². The van der Waals surface area contributed by atoms with Crippen molar-refractivity contribution < 1.29 is 0 Å². The van der Waals surface area contributed by atoms with Crippen LogP contribution >= 0.6 is 0 Å². The maximum absolute atomic E-state index is 9.95. The van der Waals surface area contributed by atoms with Crippen molar-refractivity contribution in [2.45, 2.75) is 44.9 Å². The normalized spacial score (nSPS) is 26.8. The average Bonchev–Trinajstić information content (AvgIpc) is 2.67. The molecule has 4 nitrogen and oxygen atoms in total. The Morgan fingerprint density at radius 1 is 1.12 bits per heavy atom. The summed E-state index contributed by atoms with van der Waals surface area (Å²) in [6, 6.07) is 14.5. The topological polar surface area (TPSA) is 95.2 Å². The Morgan fingerprint density at radius 3 is 2.31 bits per heavy atom. The average molecular weight is 342 g/mol. The Bertz CT molecular complexity index is 857. The van der Waals surface area contributed by atoms with Gasteiger partial charge in [-0.3, -0.25) is 0 Å². The second kappa shape index (κ2) is 6.78. The molecular weight excluding hydrogens is 320 g/mol. The van der Waals surface area contributed by atoms with E-state index in [4.69, 9.17) is 5.41 Å². The molecule has 26 heavy (non-hydrogen) atoms. The molecule has 0 aliphatic heterocycles. The third-order valence-corrected chi connectivity index (χ3v) is 5.89. The predicted molar refractivity (Wildman–Crippen MR) is 99.2 cm³/mol. The third kappa shape index (κ3) is 2.53. The summed E-state index contributed by atoms with van der Waals surface area (Å²) in [4.78, 5) is 0. The maximum Gasteiger partial charge on any atom is 0.189 e. The zero-order chi connectivity index (χ0) is 18.9. The number of hydrogen-bond acceptors (Lipinski definition) is 4. The lowest BCUT2D eigenvalue weighted by atomic mass is 9.53. The first-order valence-electron chi connectivity index (χ1n) is 9.11. The van der Waals surface area contributed by atoms with E-state index in [0.29, 0.717) is 5.92 Å². The van der Waals surface area contributed by atoms with Gasteiger partial charge < -0.3 is 5.41 Å². The van der Waals surface area contributed by atoms with Crippen molar-refractivity contribution in [2.24, 2.45) is 17.3 Å². The zero-order valence-corrected chi connectivity index (χ0v) is 15.2. The molecule has 1 saturated carbocycles. The van der Waals surface area contributed by atoms with Gasteiger partial charge >= 0.3 is 0 Å². The minimum absolute atomic E-state index is 0.0355. The lowest BCUT2D eigenvalue weighted by Crippen LogP contribution is -2.48. The summed E-state index contributed by atoms with van der Waals surface area (Å²) in [7, 11) is 0. The number of nitrogens with one attached hydrogen (secondary N) is 1. The molecule has 2 aliphatic rings. The van der Waals surface area contributed by atoms with E-state index in [9.17, 15) is 15.8 Å². The van der Waals surface area contributed by atoms with Crippen molar-refractivity contribution >= 4 is 5.71 Å². The van der Waals surface area contributed by atoms with Crippen LogP contribution in [0.1, 0.15) is 56.1 Å². The van der Waals surface area contributed by atoms with Crippen LogP contribution in [0.2, 0.25) is 0 Å². The summed E-state index contributed by atoms with van der Waals surface area (Å²) < 4.78 is 0. The fraction of sp³-hybridized carbons (Fsp3) is 0.455. The van der Waals surface area contributed by atoms with Gasteiger partial charge in [-0.2, -0.15) is 15.8 Å². The minimum atomic E-state index is -1.58. The zero-order valence-electron chi connectivity index (χ0n) is 15.2. The molecule has 0 radical (unpaired) electrons. The van der Waals surface area contributed by atoms with Crippen LogP contribution in [0.5, 0.6) is 0 Å². The van der Waals surface area contributed by atoms with Gasteiger partial charge in [0.25, 0.3) is 0 Å². The van der Waals surface area contributed by atoms with Crippen LogP contribution < -0.4 is 0 Å². The van der Waals surface area contributed by atoms with Crippen LogP contribution in [-0.4, -0.2) is 5.71 Å². The number of hydrogen-bond donors (Lipinski definition) is 1. The highest BCUT2D eigenvalue weighted by Gasteiger charge is 2.57. The van der Waals surface area contributed by atoms with Gasteiger partial charge in [-0.05, 0) is 47.8 Å². The van der Waals surface area contributed by atoms with Crippen LogP contribution in [-0.2, 0) is 0 Å². The predicted octanol–water partition coefficient (Wildman–Crippen LogP) is 4.83. The highest BCUT2D eigenvalue weighted by Crippen LogP contribution is 2.55. The highest BCUT2D eigenvalue weighted by molar-refractivity contribution is 6.00. The first-order chi connectivity index (χ1) is 12.5. The SMILES string of the molecule is CC(C)c1ccc([C@H]2[C@@H]3CCCC=C3[C@H](C#N)C(=N)C2(C#N)C#N)cc1. The largest absolute Gasteiger partial charge is 0.305 e. The Labute approximate surface area is 154 Å². The molecule has 1 aromatic carbocycles. The molecule has 1 aromatic rings. The molecule has 0 aromatic heterocycles. The van der Waals surface area contributed by atoms with E-state index in [1.54, 1.807) is 0 Å². The number of benzene rings is 1. The van der Waals surface area contributed by atoms with Gasteiger partial charge in [-0.25, -0.2) is 0 Å². The van der Waals surface area contributed by atoms with Crippen molar-refractivity contribution in [3.05, 3.63) is 47.0 Å². The lowest BCUT2D eigenvalue weighted by molar-refractivity contribution is 0.320. The fourth-order valence-corrected chi connectivity index (χ4v) is 4.47. The van der Waals surface area contributed by atoms with Crippen molar-refractivity contribution in [3.63, 3.8) is 0 Å². The Balaban J connectivity index is 2.19. The van der Waals surface area contributed by atoms with Crippen LogP contribution in [0.25, 0.3) is 0 Å². The third-order valence-electron chi connectivity index (χ3n) is 5.89. The summed E-state index contributed by atoms with van der Waals surface area (Å²) in [5.74, 6) is -0.793. The van der Waals surface area contributed by atoms with E-state index in [1.165, 1.54) is 5.56 Å². The molecule has 3 rings (SSSR count). The van der Waals surface area contributed by atoms with E-state index in [1.807, 2.05) is 24.3 Å². The number of nitriles is 3. The maximum atomic E-state index is 9.95.